The van der Waals surface area contributed by atoms with E-state index in [1.54, 1.807) is 17.4 Å². The summed E-state index contributed by atoms with van der Waals surface area (Å²) in [5, 5.41) is 8.15. The molecule has 1 unspecified atom stereocenters. The molecule has 0 aliphatic heterocycles. The van der Waals surface area contributed by atoms with Gasteiger partial charge in [-0.1, -0.05) is 26.0 Å². The van der Waals surface area contributed by atoms with Gasteiger partial charge < -0.3 is 10.6 Å². The van der Waals surface area contributed by atoms with Crippen molar-refractivity contribution in [2.45, 2.75) is 32.2 Å². The second-order valence-electron chi connectivity index (χ2n) is 5.00. The van der Waals surface area contributed by atoms with Crippen LogP contribution >= 0.6 is 11.3 Å². The fourth-order valence-corrected chi connectivity index (χ4v) is 2.43. The first-order valence-corrected chi connectivity index (χ1v) is 7.01. The number of hydrogen-bond donors (Lipinski definition) is 2. The van der Waals surface area contributed by atoms with E-state index in [9.17, 15) is 4.79 Å². The third-order valence-electron chi connectivity index (χ3n) is 2.85. The van der Waals surface area contributed by atoms with E-state index in [4.69, 9.17) is 0 Å². The van der Waals surface area contributed by atoms with Crippen LogP contribution in [-0.4, -0.2) is 25.0 Å². The van der Waals surface area contributed by atoms with Gasteiger partial charge in [-0.2, -0.15) is 0 Å². The molecule has 1 amide bonds. The van der Waals surface area contributed by atoms with Crippen LogP contribution in [0.1, 0.15) is 25.6 Å². The summed E-state index contributed by atoms with van der Waals surface area (Å²) in [6.07, 6.45) is 1.68. The number of thiophene rings is 1. The Bertz CT molecular complexity index is 385. The topological polar surface area (TPSA) is 41.1 Å². The highest BCUT2D eigenvalue weighted by atomic mass is 32.1. The van der Waals surface area contributed by atoms with Gasteiger partial charge in [-0.15, -0.1) is 17.9 Å². The molecule has 0 aliphatic rings. The molecule has 0 aliphatic carbocycles. The van der Waals surface area contributed by atoms with Gasteiger partial charge in [0.25, 0.3) is 0 Å². The highest BCUT2D eigenvalue weighted by Gasteiger charge is 2.23. The minimum absolute atomic E-state index is 0.0110. The number of hydrogen-bond acceptors (Lipinski definition) is 3. The highest BCUT2D eigenvalue weighted by Crippen LogP contribution is 2.26. The van der Waals surface area contributed by atoms with Crippen LogP contribution in [0.3, 0.4) is 0 Å². The smallest absolute Gasteiger partial charge is 0.237 e. The standard InChI is InChI=1S/C14H22N2OS/c1-5-8-15-13(17)11(2)16-10-14(3,4)12-7-6-9-18-12/h5-7,9,11,16H,1,8,10H2,2-4H3,(H,15,17). The normalized spacial score (nSPS) is 13.1. The molecule has 1 aromatic rings. The predicted octanol–water partition coefficient (Wildman–Crippen LogP) is 2.31. The van der Waals surface area contributed by atoms with Crippen molar-refractivity contribution in [1.82, 2.24) is 10.6 Å². The van der Waals surface area contributed by atoms with Crippen molar-refractivity contribution in [3.05, 3.63) is 35.0 Å². The largest absolute Gasteiger partial charge is 0.351 e. The van der Waals surface area contributed by atoms with Crippen LogP contribution in [-0.2, 0) is 10.2 Å². The van der Waals surface area contributed by atoms with Gasteiger partial charge in [-0.3, -0.25) is 4.79 Å². The lowest BCUT2D eigenvalue weighted by Crippen LogP contribution is -2.46. The molecule has 3 nitrogen and oxygen atoms in total. The Hall–Kier alpha value is -1.13. The lowest BCUT2D eigenvalue weighted by molar-refractivity contribution is -0.122. The van der Waals surface area contributed by atoms with Crippen molar-refractivity contribution >= 4 is 17.2 Å². The maximum Gasteiger partial charge on any atom is 0.237 e. The molecule has 1 atom stereocenters. The SMILES string of the molecule is C=CCNC(=O)C(C)NCC(C)(C)c1cccs1. The van der Waals surface area contributed by atoms with Gasteiger partial charge in [-0.05, 0) is 18.4 Å². The monoisotopic (exact) mass is 266 g/mol. The van der Waals surface area contributed by atoms with Gasteiger partial charge in [0.1, 0.15) is 0 Å². The lowest BCUT2D eigenvalue weighted by Gasteiger charge is -2.25. The summed E-state index contributed by atoms with van der Waals surface area (Å²) in [5.41, 5.74) is 0.0428. The molecular formula is C14H22N2OS. The lowest BCUT2D eigenvalue weighted by atomic mass is 9.91. The Labute approximate surface area is 113 Å². The molecule has 0 bridgehead atoms. The van der Waals surface area contributed by atoms with Crippen molar-refractivity contribution in [2.75, 3.05) is 13.1 Å². The Balaban J connectivity index is 2.44. The van der Waals surface area contributed by atoms with Crippen molar-refractivity contribution < 1.29 is 4.79 Å². The second kappa shape index (κ2) is 6.71. The van der Waals surface area contributed by atoms with Gasteiger partial charge in [0.15, 0.2) is 0 Å². The summed E-state index contributed by atoms with van der Waals surface area (Å²) >= 11 is 1.75. The predicted molar refractivity (Wildman–Crippen MR) is 78.0 cm³/mol. The molecule has 2 N–H and O–H groups in total. The minimum atomic E-state index is -0.191. The van der Waals surface area contributed by atoms with E-state index in [0.29, 0.717) is 6.54 Å². The van der Waals surface area contributed by atoms with Crippen molar-refractivity contribution in [3.8, 4) is 0 Å². The Morgan fingerprint density at radius 3 is 2.89 bits per heavy atom. The fourth-order valence-electron chi connectivity index (χ4n) is 1.58. The quantitative estimate of drug-likeness (QED) is 0.744. The molecule has 1 heterocycles. The molecule has 0 saturated heterocycles. The zero-order valence-electron chi connectivity index (χ0n) is 11.3. The van der Waals surface area contributed by atoms with Gasteiger partial charge in [0.05, 0.1) is 6.04 Å². The van der Waals surface area contributed by atoms with E-state index in [2.05, 4.69) is 48.6 Å². The molecule has 4 heteroatoms. The first-order chi connectivity index (χ1) is 8.47. The van der Waals surface area contributed by atoms with E-state index in [0.717, 1.165) is 6.54 Å². The van der Waals surface area contributed by atoms with Gasteiger partial charge in [-0.25, -0.2) is 0 Å². The summed E-state index contributed by atoms with van der Waals surface area (Å²) < 4.78 is 0. The molecule has 0 spiro atoms. The van der Waals surface area contributed by atoms with E-state index in [-0.39, 0.29) is 17.4 Å². The fraction of sp³-hybridized carbons (Fsp3) is 0.500. The summed E-state index contributed by atoms with van der Waals surface area (Å²) in [5.74, 6) is 0.0110. The molecule has 0 fully saturated rings. The second-order valence-corrected chi connectivity index (χ2v) is 5.95. The first kappa shape index (κ1) is 14.9. The van der Waals surface area contributed by atoms with E-state index in [1.807, 2.05) is 6.92 Å². The summed E-state index contributed by atoms with van der Waals surface area (Å²) in [6.45, 7) is 11.1. The summed E-state index contributed by atoms with van der Waals surface area (Å²) in [7, 11) is 0. The van der Waals surface area contributed by atoms with Crippen molar-refractivity contribution in [3.63, 3.8) is 0 Å². The zero-order chi connectivity index (χ0) is 13.6. The van der Waals surface area contributed by atoms with Crippen LogP contribution < -0.4 is 10.6 Å². The van der Waals surface area contributed by atoms with Crippen LogP contribution in [0.4, 0.5) is 0 Å². The van der Waals surface area contributed by atoms with Gasteiger partial charge >= 0.3 is 0 Å². The van der Waals surface area contributed by atoms with Gasteiger partial charge in [0.2, 0.25) is 5.91 Å². The number of amides is 1. The zero-order valence-corrected chi connectivity index (χ0v) is 12.1. The molecule has 1 aromatic heterocycles. The molecule has 1 rings (SSSR count). The molecule has 0 radical (unpaired) electrons. The first-order valence-electron chi connectivity index (χ1n) is 6.13. The molecule has 0 saturated carbocycles. The Morgan fingerprint density at radius 1 is 1.61 bits per heavy atom. The number of carbonyl (C=O) groups is 1. The molecule has 18 heavy (non-hydrogen) atoms. The highest BCUT2D eigenvalue weighted by molar-refractivity contribution is 7.10. The summed E-state index contributed by atoms with van der Waals surface area (Å²) in [6, 6.07) is 4.00. The van der Waals surface area contributed by atoms with Crippen LogP contribution in [0.5, 0.6) is 0 Å². The summed E-state index contributed by atoms with van der Waals surface area (Å²) in [4.78, 5) is 13.0. The van der Waals surface area contributed by atoms with E-state index in [1.165, 1.54) is 4.88 Å². The van der Waals surface area contributed by atoms with E-state index >= 15 is 0 Å². The molecular weight excluding hydrogens is 244 g/mol. The van der Waals surface area contributed by atoms with Crippen LogP contribution in [0.15, 0.2) is 30.2 Å². The Kier molecular flexibility index (Phi) is 5.56. The van der Waals surface area contributed by atoms with Crippen LogP contribution in [0.25, 0.3) is 0 Å². The van der Waals surface area contributed by atoms with Crippen molar-refractivity contribution in [1.29, 1.82) is 0 Å². The average molecular weight is 266 g/mol. The maximum absolute atomic E-state index is 11.7. The van der Waals surface area contributed by atoms with Crippen molar-refractivity contribution in [2.24, 2.45) is 0 Å². The maximum atomic E-state index is 11.7. The third-order valence-corrected chi connectivity index (χ3v) is 4.09. The number of rotatable bonds is 7. The minimum Gasteiger partial charge on any atom is -0.351 e. The van der Waals surface area contributed by atoms with Crippen LogP contribution in [0.2, 0.25) is 0 Å². The molecule has 100 valence electrons. The third kappa shape index (κ3) is 4.27. The van der Waals surface area contributed by atoms with Crippen LogP contribution in [0, 0.1) is 0 Å². The molecule has 0 aromatic carbocycles. The number of carbonyl (C=O) groups excluding carboxylic acids is 1. The number of nitrogens with one attached hydrogen (secondary N) is 2. The van der Waals surface area contributed by atoms with E-state index < -0.39 is 0 Å². The Morgan fingerprint density at radius 2 is 2.33 bits per heavy atom. The van der Waals surface area contributed by atoms with Gasteiger partial charge in [0, 0.05) is 23.4 Å². The average Bonchev–Trinajstić information content (AvgIpc) is 2.87.